The van der Waals surface area contributed by atoms with Crippen LogP contribution in [-0.4, -0.2) is 12.6 Å². The lowest BCUT2D eigenvalue weighted by molar-refractivity contribution is -0.143. The summed E-state index contributed by atoms with van der Waals surface area (Å²) in [7, 11) is 0. The molecule has 5 heteroatoms. The van der Waals surface area contributed by atoms with Crippen molar-refractivity contribution >= 4 is 17.6 Å². The van der Waals surface area contributed by atoms with Crippen LogP contribution in [-0.2, 0) is 9.53 Å². The second-order valence-electron chi connectivity index (χ2n) is 3.78. The van der Waals surface area contributed by atoms with Crippen LogP contribution in [0.1, 0.15) is 42.7 Å². The van der Waals surface area contributed by atoms with Crippen LogP contribution in [0.15, 0.2) is 24.3 Å². The summed E-state index contributed by atoms with van der Waals surface area (Å²) < 4.78 is 29.8. The van der Waals surface area contributed by atoms with Gasteiger partial charge in [0.25, 0.3) is 6.43 Å². The lowest BCUT2D eigenvalue weighted by Gasteiger charge is -2.10. The molecule has 1 rings (SSSR count). The molecule has 1 aromatic carbocycles. The molecule has 1 unspecified atom stereocenters. The third kappa shape index (κ3) is 4.61. The number of carbonyl (C=O) groups is 1. The van der Waals surface area contributed by atoms with Gasteiger partial charge in [-0.3, -0.25) is 4.79 Å². The number of rotatable bonds is 6. The van der Waals surface area contributed by atoms with Gasteiger partial charge in [0, 0.05) is 12.0 Å². The van der Waals surface area contributed by atoms with Gasteiger partial charge in [-0.25, -0.2) is 8.78 Å². The fraction of sp³-hybridized carbons (Fsp3) is 0.462. The van der Waals surface area contributed by atoms with Crippen LogP contribution in [0.4, 0.5) is 8.78 Å². The van der Waals surface area contributed by atoms with Gasteiger partial charge in [0.2, 0.25) is 0 Å². The summed E-state index contributed by atoms with van der Waals surface area (Å²) in [5.74, 6) is -0.326. The molecule has 0 N–H and O–H groups in total. The van der Waals surface area contributed by atoms with Crippen molar-refractivity contribution in [2.45, 2.75) is 31.6 Å². The molecule has 0 bridgehead atoms. The number of hydrogen-bond donors (Lipinski definition) is 0. The minimum Gasteiger partial charge on any atom is -0.466 e. The lowest BCUT2D eigenvalue weighted by Crippen LogP contribution is -2.05. The zero-order chi connectivity index (χ0) is 13.5. The molecule has 2 nitrogen and oxygen atoms in total. The molecule has 0 aliphatic rings. The summed E-state index contributed by atoms with van der Waals surface area (Å²) in [5, 5.41) is -0.465. The molecule has 0 fully saturated rings. The van der Waals surface area contributed by atoms with Gasteiger partial charge in [-0.15, -0.1) is 11.6 Å². The molecule has 0 aromatic heterocycles. The van der Waals surface area contributed by atoms with Crippen LogP contribution in [0.3, 0.4) is 0 Å². The van der Waals surface area contributed by atoms with Crippen LogP contribution in [0.2, 0.25) is 0 Å². The topological polar surface area (TPSA) is 26.3 Å². The second-order valence-corrected chi connectivity index (χ2v) is 4.31. The van der Waals surface area contributed by atoms with E-state index in [1.807, 2.05) is 0 Å². The Balaban J connectivity index is 2.58. The van der Waals surface area contributed by atoms with E-state index in [0.717, 1.165) is 0 Å². The Morgan fingerprint density at radius 3 is 2.67 bits per heavy atom. The van der Waals surface area contributed by atoms with E-state index in [9.17, 15) is 13.6 Å². The monoisotopic (exact) mass is 276 g/mol. The summed E-state index contributed by atoms with van der Waals surface area (Å²) in [6.45, 7) is 2.05. The fourth-order valence-corrected chi connectivity index (χ4v) is 1.78. The second kappa shape index (κ2) is 7.31. The number of halogens is 3. The summed E-state index contributed by atoms with van der Waals surface area (Å²) in [5.41, 5.74) is 0.535. The van der Waals surface area contributed by atoms with Gasteiger partial charge in [-0.05, 0) is 25.0 Å². The Morgan fingerprint density at radius 2 is 2.06 bits per heavy atom. The minimum atomic E-state index is -2.51. The molecule has 0 spiro atoms. The molecule has 0 saturated carbocycles. The van der Waals surface area contributed by atoms with E-state index in [1.165, 1.54) is 18.2 Å². The molecule has 0 aliphatic carbocycles. The zero-order valence-corrected chi connectivity index (χ0v) is 10.8. The molecule has 1 aromatic rings. The number of carbonyl (C=O) groups excluding carboxylic acids is 1. The zero-order valence-electron chi connectivity index (χ0n) is 10.0. The predicted molar refractivity (Wildman–Crippen MR) is 65.9 cm³/mol. The molecule has 0 saturated heterocycles. The number of esters is 1. The number of alkyl halides is 3. The molecule has 0 radical (unpaired) electrons. The highest BCUT2D eigenvalue weighted by molar-refractivity contribution is 6.20. The van der Waals surface area contributed by atoms with Crippen molar-refractivity contribution in [3.05, 3.63) is 35.4 Å². The Bertz CT molecular complexity index is 396. The van der Waals surface area contributed by atoms with Gasteiger partial charge in [-0.2, -0.15) is 0 Å². The molecule has 0 heterocycles. The Morgan fingerprint density at radius 1 is 1.39 bits per heavy atom. The summed E-state index contributed by atoms with van der Waals surface area (Å²) in [6, 6.07) is 5.93. The van der Waals surface area contributed by atoms with Crippen molar-refractivity contribution in [3.8, 4) is 0 Å². The van der Waals surface area contributed by atoms with Gasteiger partial charge in [0.1, 0.15) is 0 Å². The molecular weight excluding hydrogens is 262 g/mol. The SMILES string of the molecule is CCOC(=O)CCC(Cl)c1cccc(C(F)F)c1. The number of benzene rings is 1. The van der Waals surface area contributed by atoms with E-state index in [1.54, 1.807) is 13.0 Å². The van der Waals surface area contributed by atoms with E-state index in [-0.39, 0.29) is 18.0 Å². The van der Waals surface area contributed by atoms with Crippen molar-refractivity contribution in [2.75, 3.05) is 6.61 Å². The molecule has 0 amide bonds. The first-order valence-electron chi connectivity index (χ1n) is 5.72. The summed E-state index contributed by atoms with van der Waals surface area (Å²) in [4.78, 5) is 11.2. The normalized spacial score (nSPS) is 12.5. The largest absolute Gasteiger partial charge is 0.466 e. The van der Waals surface area contributed by atoms with Gasteiger partial charge in [0.05, 0.1) is 12.0 Å². The van der Waals surface area contributed by atoms with Crippen molar-refractivity contribution in [3.63, 3.8) is 0 Å². The van der Waals surface area contributed by atoms with Crippen LogP contribution in [0.5, 0.6) is 0 Å². The Kier molecular flexibility index (Phi) is 6.05. The molecule has 18 heavy (non-hydrogen) atoms. The maximum absolute atomic E-state index is 12.5. The lowest BCUT2D eigenvalue weighted by atomic mass is 10.0. The molecule has 100 valence electrons. The Labute approximate surface area is 110 Å². The average Bonchev–Trinajstić information content (AvgIpc) is 2.36. The van der Waals surface area contributed by atoms with E-state index < -0.39 is 11.8 Å². The molecule has 0 aliphatic heterocycles. The maximum atomic E-state index is 12.5. The summed E-state index contributed by atoms with van der Waals surface area (Å²) in [6.07, 6.45) is -1.97. The quantitative estimate of drug-likeness (QED) is 0.573. The smallest absolute Gasteiger partial charge is 0.305 e. The third-order valence-electron chi connectivity index (χ3n) is 2.43. The van der Waals surface area contributed by atoms with E-state index in [4.69, 9.17) is 16.3 Å². The van der Waals surface area contributed by atoms with Crippen molar-refractivity contribution in [1.82, 2.24) is 0 Å². The summed E-state index contributed by atoms with van der Waals surface area (Å²) >= 11 is 6.07. The van der Waals surface area contributed by atoms with Gasteiger partial charge >= 0.3 is 5.97 Å². The first-order chi connectivity index (χ1) is 8.54. The number of ether oxygens (including phenoxy) is 1. The standard InChI is InChI=1S/C13H15ClF2O2/c1-2-18-12(17)7-6-11(14)9-4-3-5-10(8-9)13(15)16/h3-5,8,11,13H,2,6-7H2,1H3. The van der Waals surface area contributed by atoms with Crippen LogP contribution >= 0.6 is 11.6 Å². The highest BCUT2D eigenvalue weighted by Gasteiger charge is 2.14. The number of hydrogen-bond acceptors (Lipinski definition) is 2. The van der Waals surface area contributed by atoms with Crippen LogP contribution in [0.25, 0.3) is 0 Å². The van der Waals surface area contributed by atoms with Gasteiger partial charge in [0.15, 0.2) is 0 Å². The van der Waals surface area contributed by atoms with E-state index in [2.05, 4.69) is 0 Å². The van der Waals surface area contributed by atoms with E-state index >= 15 is 0 Å². The van der Waals surface area contributed by atoms with Crippen molar-refractivity contribution in [2.24, 2.45) is 0 Å². The highest BCUT2D eigenvalue weighted by Crippen LogP contribution is 2.29. The van der Waals surface area contributed by atoms with Gasteiger partial charge in [-0.1, -0.05) is 18.2 Å². The first-order valence-corrected chi connectivity index (χ1v) is 6.16. The minimum absolute atomic E-state index is 0.0608. The highest BCUT2D eigenvalue weighted by atomic mass is 35.5. The van der Waals surface area contributed by atoms with Crippen molar-refractivity contribution in [1.29, 1.82) is 0 Å². The first kappa shape index (κ1) is 14.9. The van der Waals surface area contributed by atoms with Gasteiger partial charge < -0.3 is 4.74 Å². The molecule has 1 atom stereocenters. The third-order valence-corrected chi connectivity index (χ3v) is 2.90. The molecular formula is C13H15ClF2O2. The van der Waals surface area contributed by atoms with Crippen molar-refractivity contribution < 1.29 is 18.3 Å². The predicted octanol–water partition coefficient (Wildman–Crippen LogP) is 4.25. The fourth-order valence-electron chi connectivity index (χ4n) is 1.53. The Hall–Kier alpha value is -1.16. The maximum Gasteiger partial charge on any atom is 0.305 e. The van der Waals surface area contributed by atoms with Crippen LogP contribution < -0.4 is 0 Å². The van der Waals surface area contributed by atoms with Crippen LogP contribution in [0, 0.1) is 0 Å². The van der Waals surface area contributed by atoms with E-state index in [0.29, 0.717) is 18.6 Å². The average molecular weight is 277 g/mol.